The second-order valence-electron chi connectivity index (χ2n) is 5.41. The van der Waals surface area contributed by atoms with Crippen LogP contribution in [0.2, 0.25) is 10.0 Å². The molecule has 8 nitrogen and oxygen atoms in total. The molecule has 0 spiro atoms. The summed E-state index contributed by atoms with van der Waals surface area (Å²) in [6, 6.07) is 7.96. The van der Waals surface area contributed by atoms with Gasteiger partial charge in [0.25, 0.3) is 5.91 Å². The number of anilines is 1. The van der Waals surface area contributed by atoms with Crippen molar-refractivity contribution in [3.63, 3.8) is 0 Å². The maximum Gasteiger partial charge on any atom is 0.338 e. The van der Waals surface area contributed by atoms with Crippen molar-refractivity contribution in [2.45, 2.75) is 13.0 Å². The monoisotopic (exact) mass is 405 g/mol. The molecule has 2 heterocycles. The first-order valence-corrected chi connectivity index (χ1v) is 8.47. The van der Waals surface area contributed by atoms with E-state index in [1.807, 2.05) is 0 Å². The fourth-order valence-corrected chi connectivity index (χ4v) is 2.53. The van der Waals surface area contributed by atoms with Crippen LogP contribution in [0.15, 0.2) is 49.2 Å². The van der Waals surface area contributed by atoms with Gasteiger partial charge in [-0.2, -0.15) is 5.10 Å². The van der Waals surface area contributed by atoms with E-state index in [1.165, 1.54) is 31.8 Å². The fourth-order valence-electron chi connectivity index (χ4n) is 2.10. The molecule has 3 aromatic rings. The smallest absolute Gasteiger partial charge is 0.338 e. The van der Waals surface area contributed by atoms with E-state index >= 15 is 0 Å². The van der Waals surface area contributed by atoms with Crippen molar-refractivity contribution in [3.8, 4) is 5.69 Å². The normalized spacial score (nSPS) is 11.7. The topological polar surface area (TPSA) is 99.0 Å². The summed E-state index contributed by atoms with van der Waals surface area (Å²) in [5, 5.41) is 7.00. The van der Waals surface area contributed by atoms with Gasteiger partial charge in [-0.05, 0) is 37.3 Å². The Morgan fingerprint density at radius 3 is 2.59 bits per heavy atom. The second kappa shape index (κ2) is 8.15. The van der Waals surface area contributed by atoms with Crippen LogP contribution in [-0.4, -0.2) is 37.7 Å². The molecule has 138 valence electrons. The number of aromatic nitrogens is 4. The van der Waals surface area contributed by atoms with Gasteiger partial charge in [-0.3, -0.25) is 4.79 Å². The van der Waals surface area contributed by atoms with Gasteiger partial charge in [0.2, 0.25) is 0 Å². The van der Waals surface area contributed by atoms with Crippen molar-refractivity contribution in [1.29, 1.82) is 0 Å². The number of benzene rings is 1. The van der Waals surface area contributed by atoms with Crippen LogP contribution in [0.4, 0.5) is 5.82 Å². The largest absolute Gasteiger partial charge is 0.449 e. The molecule has 0 radical (unpaired) electrons. The number of nitrogens with zero attached hydrogens (tertiary/aromatic N) is 4. The minimum Gasteiger partial charge on any atom is -0.449 e. The molecule has 2 aromatic heterocycles. The number of esters is 1. The summed E-state index contributed by atoms with van der Waals surface area (Å²) in [4.78, 5) is 32.2. The quantitative estimate of drug-likeness (QED) is 0.654. The maximum absolute atomic E-state index is 12.2. The van der Waals surface area contributed by atoms with Crippen LogP contribution in [0, 0.1) is 0 Å². The van der Waals surface area contributed by atoms with Crippen molar-refractivity contribution < 1.29 is 14.3 Å². The average molecular weight is 406 g/mol. The van der Waals surface area contributed by atoms with E-state index in [-0.39, 0.29) is 10.8 Å². The minimum atomic E-state index is -1.05. The van der Waals surface area contributed by atoms with Crippen LogP contribution in [0.5, 0.6) is 0 Å². The third-order valence-electron chi connectivity index (χ3n) is 3.49. The average Bonchev–Trinajstić information content (AvgIpc) is 3.18. The highest BCUT2D eigenvalue weighted by Crippen LogP contribution is 2.22. The van der Waals surface area contributed by atoms with Gasteiger partial charge in [-0.15, -0.1) is 0 Å². The number of pyridine rings is 1. The van der Waals surface area contributed by atoms with Gasteiger partial charge in [-0.25, -0.2) is 19.4 Å². The molecular formula is C17H13Cl2N5O3. The summed E-state index contributed by atoms with van der Waals surface area (Å²) in [6.45, 7) is 1.45. The van der Waals surface area contributed by atoms with Gasteiger partial charge < -0.3 is 10.1 Å². The lowest BCUT2D eigenvalue weighted by molar-refractivity contribution is -0.123. The first-order chi connectivity index (χ1) is 12.9. The SMILES string of the molecule is C[C@H](OC(=O)c1ccc(-n2cncn2)cc1)C(=O)Nc1ncc(Cl)cc1Cl. The first kappa shape index (κ1) is 18.8. The number of ether oxygens (including phenoxy) is 1. The van der Waals surface area contributed by atoms with Crippen molar-refractivity contribution in [1.82, 2.24) is 19.7 Å². The molecule has 1 aromatic carbocycles. The van der Waals surface area contributed by atoms with Crippen molar-refractivity contribution >= 4 is 40.9 Å². The van der Waals surface area contributed by atoms with Crippen molar-refractivity contribution in [2.24, 2.45) is 0 Å². The lowest BCUT2D eigenvalue weighted by atomic mass is 10.2. The van der Waals surface area contributed by atoms with Gasteiger partial charge in [0, 0.05) is 6.20 Å². The first-order valence-electron chi connectivity index (χ1n) is 7.72. The zero-order valence-electron chi connectivity index (χ0n) is 14.0. The van der Waals surface area contributed by atoms with Crippen LogP contribution in [-0.2, 0) is 9.53 Å². The summed E-state index contributed by atoms with van der Waals surface area (Å²) < 4.78 is 6.73. The number of rotatable bonds is 5. The summed E-state index contributed by atoms with van der Waals surface area (Å²) in [5.74, 6) is -1.08. The predicted octanol–water partition coefficient (Wildman–Crippen LogP) is 3.15. The molecule has 10 heteroatoms. The van der Waals surface area contributed by atoms with E-state index in [9.17, 15) is 9.59 Å². The summed E-state index contributed by atoms with van der Waals surface area (Å²) in [5.41, 5.74) is 1.03. The zero-order chi connectivity index (χ0) is 19.4. The third kappa shape index (κ3) is 4.60. The number of carbonyl (C=O) groups excluding carboxylic acids is 2. The highest BCUT2D eigenvalue weighted by atomic mass is 35.5. The van der Waals surface area contributed by atoms with Crippen LogP contribution in [0.3, 0.4) is 0 Å². The van der Waals surface area contributed by atoms with Crippen LogP contribution < -0.4 is 5.32 Å². The Labute approximate surface area is 164 Å². The van der Waals surface area contributed by atoms with E-state index < -0.39 is 18.0 Å². The molecule has 1 N–H and O–H groups in total. The number of hydrogen-bond acceptors (Lipinski definition) is 6. The highest BCUT2D eigenvalue weighted by molar-refractivity contribution is 6.36. The Kier molecular flexibility index (Phi) is 5.68. The van der Waals surface area contributed by atoms with E-state index in [1.54, 1.807) is 28.9 Å². The van der Waals surface area contributed by atoms with Crippen molar-refractivity contribution in [3.05, 3.63) is 64.8 Å². The molecule has 0 aliphatic carbocycles. The van der Waals surface area contributed by atoms with E-state index in [0.29, 0.717) is 10.6 Å². The molecule has 0 unspecified atom stereocenters. The Bertz CT molecular complexity index is 961. The molecular weight excluding hydrogens is 393 g/mol. The predicted molar refractivity (Wildman–Crippen MR) is 99.1 cm³/mol. The minimum absolute atomic E-state index is 0.131. The molecule has 3 rings (SSSR count). The third-order valence-corrected chi connectivity index (χ3v) is 3.98. The number of halogens is 2. The van der Waals surface area contributed by atoms with Crippen LogP contribution in [0.1, 0.15) is 17.3 Å². The highest BCUT2D eigenvalue weighted by Gasteiger charge is 2.20. The fraction of sp³-hybridized carbons (Fsp3) is 0.118. The van der Waals surface area contributed by atoms with Gasteiger partial charge in [-0.1, -0.05) is 23.2 Å². The number of amides is 1. The lowest BCUT2D eigenvalue weighted by Gasteiger charge is -2.14. The van der Waals surface area contributed by atoms with Crippen molar-refractivity contribution in [2.75, 3.05) is 5.32 Å². The molecule has 0 saturated carbocycles. The van der Waals surface area contributed by atoms with Gasteiger partial charge >= 0.3 is 5.97 Å². The number of hydrogen-bond donors (Lipinski definition) is 1. The summed E-state index contributed by atoms with van der Waals surface area (Å²) in [7, 11) is 0. The van der Waals surface area contributed by atoms with E-state index in [4.69, 9.17) is 27.9 Å². The molecule has 0 saturated heterocycles. The Morgan fingerprint density at radius 2 is 1.96 bits per heavy atom. The van der Waals surface area contributed by atoms with Crippen LogP contribution in [0.25, 0.3) is 5.69 Å². The lowest BCUT2D eigenvalue weighted by Crippen LogP contribution is -2.30. The number of nitrogens with one attached hydrogen (secondary N) is 1. The summed E-state index contributed by atoms with van der Waals surface area (Å²) >= 11 is 11.7. The molecule has 0 aliphatic heterocycles. The molecule has 1 amide bonds. The number of carbonyl (C=O) groups is 2. The van der Waals surface area contributed by atoms with E-state index in [0.717, 1.165) is 5.69 Å². The maximum atomic E-state index is 12.2. The molecule has 0 aliphatic rings. The summed E-state index contributed by atoms with van der Waals surface area (Å²) in [6.07, 6.45) is 3.23. The van der Waals surface area contributed by atoms with Gasteiger partial charge in [0.15, 0.2) is 11.9 Å². The Hall–Kier alpha value is -2.97. The van der Waals surface area contributed by atoms with E-state index in [2.05, 4.69) is 20.4 Å². The molecule has 0 bridgehead atoms. The Morgan fingerprint density at radius 1 is 1.22 bits per heavy atom. The van der Waals surface area contributed by atoms with Gasteiger partial charge in [0.05, 0.1) is 21.3 Å². The zero-order valence-corrected chi connectivity index (χ0v) is 15.5. The molecule has 27 heavy (non-hydrogen) atoms. The standard InChI is InChI=1S/C17H13Cl2N5O3/c1-10(16(25)23-15-14(19)6-12(18)7-21-15)27-17(26)11-2-4-13(5-3-11)24-9-20-8-22-24/h2-10H,1H3,(H,21,23,25)/t10-/m0/s1. The van der Waals surface area contributed by atoms with Crippen LogP contribution >= 0.6 is 23.2 Å². The Balaban J connectivity index is 1.62. The molecule has 0 fully saturated rings. The molecule has 1 atom stereocenters. The second-order valence-corrected chi connectivity index (χ2v) is 6.25. The van der Waals surface area contributed by atoms with Gasteiger partial charge in [0.1, 0.15) is 12.7 Å².